The zero-order valence-corrected chi connectivity index (χ0v) is 60.9. The second-order valence-corrected chi connectivity index (χ2v) is 28.9. The molecule has 91 heavy (non-hydrogen) atoms. The van der Waals surface area contributed by atoms with Crippen molar-refractivity contribution in [2.24, 2.45) is 0 Å². The second kappa shape index (κ2) is 71.4. The molecule has 1 rings (SSSR count). The lowest BCUT2D eigenvalue weighted by atomic mass is 9.99. The number of allylic oxidation sites excluding steroid dienone is 3. The van der Waals surface area contributed by atoms with Crippen LogP contribution in [0.4, 0.5) is 0 Å². The van der Waals surface area contributed by atoms with Gasteiger partial charge in [0.1, 0.15) is 24.4 Å². The van der Waals surface area contributed by atoms with Gasteiger partial charge >= 0.3 is 0 Å². The predicted octanol–water partition coefficient (Wildman–Crippen LogP) is 23.5. The van der Waals surface area contributed by atoms with Gasteiger partial charge in [0.15, 0.2) is 6.29 Å². The third-order valence-electron chi connectivity index (χ3n) is 20.0. The van der Waals surface area contributed by atoms with Gasteiger partial charge in [-0.15, -0.1) is 0 Å². The van der Waals surface area contributed by atoms with Gasteiger partial charge in [-0.3, -0.25) is 4.79 Å². The van der Waals surface area contributed by atoms with Crippen LogP contribution in [-0.2, 0) is 14.3 Å². The molecule has 0 spiro atoms. The number of hydrogen-bond donors (Lipinski definition) is 6. The molecule has 6 N–H and O–H groups in total. The van der Waals surface area contributed by atoms with Crippen molar-refractivity contribution >= 4 is 5.91 Å². The van der Waals surface area contributed by atoms with Crippen molar-refractivity contribution in [2.45, 2.75) is 480 Å². The third-order valence-corrected chi connectivity index (χ3v) is 20.0. The Morgan fingerprint density at radius 1 is 0.363 bits per heavy atom. The average molecular weight is 1290 g/mol. The number of hydrogen-bond acceptors (Lipinski definition) is 8. The smallest absolute Gasteiger partial charge is 0.220 e. The molecule has 1 aliphatic heterocycles. The Hall–Kier alpha value is -1.33. The maximum absolute atomic E-state index is 13.2. The molecule has 0 saturated carbocycles. The van der Waals surface area contributed by atoms with Crippen LogP contribution in [0.5, 0.6) is 0 Å². The summed E-state index contributed by atoms with van der Waals surface area (Å²) in [5.41, 5.74) is 0. The summed E-state index contributed by atoms with van der Waals surface area (Å²) in [6.45, 7) is 3.85. The predicted molar refractivity (Wildman–Crippen MR) is 392 cm³/mol. The van der Waals surface area contributed by atoms with Gasteiger partial charge in [0.05, 0.1) is 25.4 Å². The molecule has 9 heteroatoms. The van der Waals surface area contributed by atoms with E-state index in [1.165, 1.54) is 379 Å². The number of carbonyl (C=O) groups excluding carboxylic acids is 1. The number of nitrogens with one attached hydrogen (secondary N) is 1. The van der Waals surface area contributed by atoms with Crippen LogP contribution in [-0.4, -0.2) is 87.5 Å². The van der Waals surface area contributed by atoms with Crippen molar-refractivity contribution in [3.63, 3.8) is 0 Å². The van der Waals surface area contributed by atoms with Crippen LogP contribution < -0.4 is 5.32 Å². The maximum Gasteiger partial charge on any atom is 0.220 e. The summed E-state index contributed by atoms with van der Waals surface area (Å²) in [5.74, 6) is -0.166. The Morgan fingerprint density at radius 2 is 0.615 bits per heavy atom. The van der Waals surface area contributed by atoms with Crippen molar-refractivity contribution in [1.82, 2.24) is 5.32 Å². The molecule has 1 saturated heterocycles. The van der Waals surface area contributed by atoms with Gasteiger partial charge in [-0.1, -0.05) is 411 Å². The number of ether oxygens (including phenoxy) is 2. The van der Waals surface area contributed by atoms with Crippen LogP contribution in [0.25, 0.3) is 0 Å². The fourth-order valence-corrected chi connectivity index (χ4v) is 13.6. The molecular formula is C82H159NO8. The highest BCUT2D eigenvalue weighted by atomic mass is 16.7. The molecule has 1 amide bonds. The van der Waals surface area contributed by atoms with Crippen LogP contribution in [0.1, 0.15) is 438 Å². The monoisotopic (exact) mass is 1290 g/mol. The quantitative estimate of drug-likeness (QED) is 0.0261. The molecule has 0 aromatic rings. The summed E-state index contributed by atoms with van der Waals surface area (Å²) in [7, 11) is 0. The topological polar surface area (TPSA) is 149 Å². The van der Waals surface area contributed by atoms with Crippen LogP contribution in [0.15, 0.2) is 24.3 Å². The average Bonchev–Trinajstić information content (AvgIpc) is 1.33. The first kappa shape index (κ1) is 87.7. The molecule has 1 fully saturated rings. The van der Waals surface area contributed by atoms with Crippen molar-refractivity contribution in [1.29, 1.82) is 0 Å². The first-order valence-corrected chi connectivity index (χ1v) is 41.1. The van der Waals surface area contributed by atoms with E-state index in [1.54, 1.807) is 6.08 Å². The molecule has 9 nitrogen and oxygen atoms in total. The van der Waals surface area contributed by atoms with E-state index in [9.17, 15) is 30.3 Å². The van der Waals surface area contributed by atoms with Crippen molar-refractivity contribution in [3.05, 3.63) is 24.3 Å². The minimum atomic E-state index is -1.57. The number of rotatable bonds is 74. The Labute approximate surface area is 566 Å². The van der Waals surface area contributed by atoms with E-state index >= 15 is 0 Å². The van der Waals surface area contributed by atoms with Gasteiger partial charge in [0.25, 0.3) is 0 Å². The standard InChI is InChI=1S/C82H159NO8/c1-3-5-7-9-11-13-15-17-19-21-23-25-27-29-31-33-34-35-36-37-38-39-40-41-42-44-46-48-50-52-54-56-58-60-62-64-66-68-70-72-78(86)83-75(74-90-82-81(89)80(88)79(87)77(73-84)91-82)76(85)71-69-67-65-63-61-59-57-55-53-51-49-47-45-43-32-30-28-26-24-22-20-18-16-14-12-10-8-6-4-2/h21,23,69,71,75-77,79-82,84-85,87-89H,3-20,22,24-68,70,72-74H2,1-2H3,(H,83,86)/b23-21-,71-69+. The van der Waals surface area contributed by atoms with Crippen molar-refractivity contribution < 1.29 is 39.8 Å². The molecular weight excluding hydrogens is 1130 g/mol. The van der Waals surface area contributed by atoms with E-state index < -0.39 is 49.5 Å². The maximum atomic E-state index is 13.2. The zero-order chi connectivity index (χ0) is 65.7. The van der Waals surface area contributed by atoms with Gasteiger partial charge in [-0.2, -0.15) is 0 Å². The fraction of sp³-hybridized carbons (Fsp3) is 0.939. The SMILES string of the molecule is CCCCCCCCCC/C=C\CCCCCCCCCCCCCCCCCCCCCCCCCCCCCC(=O)NC(COC1OC(CO)C(O)C(O)C1O)C(O)/C=C/CCCCCCCCCCCCCCCCCCCCCCCCCCCCC. The first-order chi connectivity index (χ1) is 44.8. The van der Waals surface area contributed by atoms with Gasteiger partial charge in [0, 0.05) is 6.42 Å². The van der Waals surface area contributed by atoms with Gasteiger partial charge in [-0.05, 0) is 44.9 Å². The number of unbranched alkanes of at least 4 members (excludes halogenated alkanes) is 62. The van der Waals surface area contributed by atoms with Gasteiger partial charge < -0.3 is 40.3 Å². The highest BCUT2D eigenvalue weighted by molar-refractivity contribution is 5.76. The van der Waals surface area contributed by atoms with Crippen LogP contribution >= 0.6 is 0 Å². The summed E-state index contributed by atoms with van der Waals surface area (Å²) in [5, 5.41) is 54.9. The molecule has 0 bridgehead atoms. The summed E-state index contributed by atoms with van der Waals surface area (Å²) in [6, 6.07) is -0.804. The van der Waals surface area contributed by atoms with E-state index in [4.69, 9.17) is 9.47 Å². The number of amides is 1. The molecule has 0 aromatic carbocycles. The number of aliphatic hydroxyl groups is 5. The van der Waals surface area contributed by atoms with E-state index in [0.29, 0.717) is 6.42 Å². The summed E-state index contributed by atoms with van der Waals surface area (Å²) in [4.78, 5) is 13.2. The number of aliphatic hydroxyl groups excluding tert-OH is 5. The van der Waals surface area contributed by atoms with Gasteiger partial charge in [0.2, 0.25) is 5.91 Å². The molecule has 0 aromatic heterocycles. The van der Waals surface area contributed by atoms with E-state index in [1.807, 2.05) is 6.08 Å². The van der Waals surface area contributed by atoms with Crippen LogP contribution in [0, 0.1) is 0 Å². The van der Waals surface area contributed by atoms with E-state index in [-0.39, 0.29) is 12.5 Å². The molecule has 1 aliphatic rings. The minimum Gasteiger partial charge on any atom is -0.394 e. The molecule has 0 radical (unpaired) electrons. The van der Waals surface area contributed by atoms with Crippen molar-refractivity contribution in [3.8, 4) is 0 Å². The fourth-order valence-electron chi connectivity index (χ4n) is 13.6. The third kappa shape index (κ3) is 59.7. The second-order valence-electron chi connectivity index (χ2n) is 28.9. The highest BCUT2D eigenvalue weighted by Crippen LogP contribution is 2.24. The lowest BCUT2D eigenvalue weighted by molar-refractivity contribution is -0.302. The van der Waals surface area contributed by atoms with E-state index in [2.05, 4.69) is 31.3 Å². The Bertz CT molecular complexity index is 1490. The molecule has 0 aliphatic carbocycles. The Kier molecular flexibility index (Phi) is 68.8. The van der Waals surface area contributed by atoms with Crippen LogP contribution in [0.3, 0.4) is 0 Å². The Balaban J connectivity index is 2.04. The highest BCUT2D eigenvalue weighted by Gasteiger charge is 2.44. The molecule has 1 heterocycles. The lowest BCUT2D eigenvalue weighted by Crippen LogP contribution is -2.60. The van der Waals surface area contributed by atoms with Crippen molar-refractivity contribution in [2.75, 3.05) is 13.2 Å². The summed E-state index contributed by atoms with van der Waals surface area (Å²) < 4.78 is 11.4. The minimum absolute atomic E-state index is 0.166. The van der Waals surface area contributed by atoms with E-state index in [0.717, 1.165) is 38.5 Å². The summed E-state index contributed by atoms with van der Waals surface area (Å²) in [6.07, 6.45) is 89.2. The lowest BCUT2D eigenvalue weighted by Gasteiger charge is -2.40. The van der Waals surface area contributed by atoms with Gasteiger partial charge in [-0.25, -0.2) is 0 Å². The Morgan fingerprint density at radius 3 is 0.890 bits per heavy atom. The largest absolute Gasteiger partial charge is 0.394 e. The summed E-state index contributed by atoms with van der Waals surface area (Å²) >= 11 is 0. The molecule has 7 atom stereocenters. The number of carbonyl (C=O) groups is 1. The zero-order valence-electron chi connectivity index (χ0n) is 60.9. The molecule has 7 unspecified atom stereocenters. The van der Waals surface area contributed by atoms with Crippen LogP contribution in [0.2, 0.25) is 0 Å². The normalized spacial score (nSPS) is 17.7. The molecule has 540 valence electrons. The first-order valence-electron chi connectivity index (χ1n) is 41.1.